The van der Waals surface area contributed by atoms with Crippen LogP contribution in [0.15, 0.2) is 18.3 Å². The lowest BCUT2D eigenvalue weighted by molar-refractivity contribution is 0.0167. The van der Waals surface area contributed by atoms with Crippen LogP contribution < -0.4 is 5.32 Å². The smallest absolute Gasteiger partial charge is 0.272 e. The summed E-state index contributed by atoms with van der Waals surface area (Å²) >= 11 is 0. The molecular weight excluding hydrogens is 254 g/mol. The first-order valence-corrected chi connectivity index (χ1v) is 7.14. The number of carbonyl (C=O) groups excluding carboxylic acids is 1. The number of pyridine rings is 1. The fraction of sp³-hybridized carbons (Fsp3) is 0.600. The number of nitrogens with one attached hydrogen (secondary N) is 1. The highest BCUT2D eigenvalue weighted by molar-refractivity contribution is 5.92. The van der Waals surface area contributed by atoms with Crippen LogP contribution >= 0.6 is 0 Å². The molecule has 0 atom stereocenters. The average Bonchev–Trinajstić information content (AvgIpc) is 2.45. The van der Waals surface area contributed by atoms with Crippen molar-refractivity contribution >= 4 is 11.6 Å². The summed E-state index contributed by atoms with van der Waals surface area (Å²) in [5, 5.41) is 13.7. The SMILES string of the molecule is CN(C)C(=O)c1cc(NCC2(O)CCCCC2)ccn1. The van der Waals surface area contributed by atoms with E-state index in [1.54, 1.807) is 26.4 Å². The summed E-state index contributed by atoms with van der Waals surface area (Å²) in [7, 11) is 3.41. The van der Waals surface area contributed by atoms with E-state index >= 15 is 0 Å². The summed E-state index contributed by atoms with van der Waals surface area (Å²) in [4.78, 5) is 17.4. The third kappa shape index (κ3) is 3.70. The Kier molecular flexibility index (Phi) is 4.60. The molecule has 1 fully saturated rings. The molecule has 0 bridgehead atoms. The number of anilines is 1. The normalized spacial score (nSPS) is 17.6. The molecule has 20 heavy (non-hydrogen) atoms. The molecule has 1 amide bonds. The molecule has 2 rings (SSSR count). The number of carbonyl (C=O) groups is 1. The van der Waals surface area contributed by atoms with E-state index < -0.39 is 5.60 Å². The van der Waals surface area contributed by atoms with E-state index in [0.29, 0.717) is 12.2 Å². The van der Waals surface area contributed by atoms with Gasteiger partial charge in [0.25, 0.3) is 5.91 Å². The molecule has 1 aromatic heterocycles. The van der Waals surface area contributed by atoms with E-state index in [-0.39, 0.29) is 5.91 Å². The van der Waals surface area contributed by atoms with Gasteiger partial charge in [0.05, 0.1) is 5.60 Å². The molecular formula is C15H23N3O2. The van der Waals surface area contributed by atoms with Gasteiger partial charge >= 0.3 is 0 Å². The molecule has 1 aliphatic carbocycles. The van der Waals surface area contributed by atoms with Crippen molar-refractivity contribution in [3.8, 4) is 0 Å². The third-order valence-electron chi connectivity index (χ3n) is 3.79. The maximum Gasteiger partial charge on any atom is 0.272 e. The number of hydrogen-bond donors (Lipinski definition) is 2. The average molecular weight is 277 g/mol. The minimum Gasteiger partial charge on any atom is -0.388 e. The fourth-order valence-corrected chi connectivity index (χ4v) is 2.54. The van der Waals surface area contributed by atoms with E-state index in [1.165, 1.54) is 11.3 Å². The topological polar surface area (TPSA) is 65.5 Å². The van der Waals surface area contributed by atoms with E-state index in [1.807, 2.05) is 6.07 Å². The predicted molar refractivity (Wildman–Crippen MR) is 78.8 cm³/mol. The van der Waals surface area contributed by atoms with Crippen LogP contribution in [-0.4, -0.2) is 47.1 Å². The molecule has 110 valence electrons. The third-order valence-corrected chi connectivity index (χ3v) is 3.79. The van der Waals surface area contributed by atoms with Crippen LogP contribution in [-0.2, 0) is 0 Å². The Bertz CT molecular complexity index is 468. The number of amides is 1. The molecule has 1 saturated carbocycles. The Morgan fingerprint density at radius 1 is 1.40 bits per heavy atom. The predicted octanol–water partition coefficient (Wildman–Crippen LogP) is 1.89. The maximum absolute atomic E-state index is 11.9. The molecule has 0 aromatic carbocycles. The number of aromatic nitrogens is 1. The van der Waals surface area contributed by atoms with Crippen molar-refractivity contribution in [2.45, 2.75) is 37.7 Å². The summed E-state index contributed by atoms with van der Waals surface area (Å²) in [6.45, 7) is 0.520. The van der Waals surface area contributed by atoms with Gasteiger partial charge in [-0.1, -0.05) is 19.3 Å². The molecule has 0 radical (unpaired) electrons. The fourth-order valence-electron chi connectivity index (χ4n) is 2.54. The molecule has 0 spiro atoms. The van der Waals surface area contributed by atoms with Crippen molar-refractivity contribution in [2.75, 3.05) is 26.0 Å². The number of aliphatic hydroxyl groups is 1. The first kappa shape index (κ1) is 14.8. The molecule has 1 heterocycles. The van der Waals surface area contributed by atoms with Crippen LogP contribution in [0.3, 0.4) is 0 Å². The van der Waals surface area contributed by atoms with Gasteiger partial charge in [0.2, 0.25) is 0 Å². The Morgan fingerprint density at radius 2 is 2.10 bits per heavy atom. The highest BCUT2D eigenvalue weighted by atomic mass is 16.3. The van der Waals surface area contributed by atoms with Crippen LogP contribution in [0.4, 0.5) is 5.69 Å². The number of hydrogen-bond acceptors (Lipinski definition) is 4. The Morgan fingerprint density at radius 3 is 2.75 bits per heavy atom. The van der Waals surface area contributed by atoms with E-state index in [9.17, 15) is 9.90 Å². The largest absolute Gasteiger partial charge is 0.388 e. The maximum atomic E-state index is 11.9. The quantitative estimate of drug-likeness (QED) is 0.882. The van der Waals surface area contributed by atoms with E-state index in [4.69, 9.17) is 0 Å². The second-order valence-electron chi connectivity index (χ2n) is 5.77. The van der Waals surface area contributed by atoms with Crippen molar-refractivity contribution in [3.63, 3.8) is 0 Å². The van der Waals surface area contributed by atoms with Gasteiger partial charge in [0, 0.05) is 32.5 Å². The van der Waals surface area contributed by atoms with Crippen LogP contribution in [0.5, 0.6) is 0 Å². The Balaban J connectivity index is 1.99. The Hall–Kier alpha value is -1.62. The van der Waals surface area contributed by atoms with Gasteiger partial charge in [-0.25, -0.2) is 0 Å². The molecule has 5 nitrogen and oxygen atoms in total. The van der Waals surface area contributed by atoms with E-state index in [2.05, 4.69) is 10.3 Å². The molecule has 0 saturated heterocycles. The van der Waals surface area contributed by atoms with Crippen LogP contribution in [0.2, 0.25) is 0 Å². The summed E-state index contributed by atoms with van der Waals surface area (Å²) in [5.41, 5.74) is 0.618. The summed E-state index contributed by atoms with van der Waals surface area (Å²) < 4.78 is 0. The standard InChI is InChI=1S/C15H23N3O2/c1-18(2)14(19)13-10-12(6-9-16-13)17-11-15(20)7-4-3-5-8-15/h6,9-10,20H,3-5,7-8,11H2,1-2H3,(H,16,17). The van der Waals surface area contributed by atoms with Crippen molar-refractivity contribution in [1.29, 1.82) is 0 Å². The molecule has 0 unspecified atom stereocenters. The highest BCUT2D eigenvalue weighted by Gasteiger charge is 2.28. The van der Waals surface area contributed by atoms with Crippen molar-refractivity contribution in [3.05, 3.63) is 24.0 Å². The van der Waals surface area contributed by atoms with Gasteiger partial charge in [-0.3, -0.25) is 9.78 Å². The number of nitrogens with zero attached hydrogens (tertiary/aromatic N) is 2. The monoisotopic (exact) mass is 277 g/mol. The lowest BCUT2D eigenvalue weighted by Crippen LogP contribution is -2.38. The second kappa shape index (κ2) is 6.22. The lowest BCUT2D eigenvalue weighted by atomic mass is 9.85. The molecule has 5 heteroatoms. The van der Waals surface area contributed by atoms with Gasteiger partial charge < -0.3 is 15.3 Å². The Labute approximate surface area is 120 Å². The zero-order valence-corrected chi connectivity index (χ0v) is 12.2. The number of rotatable bonds is 4. The molecule has 0 aliphatic heterocycles. The van der Waals surface area contributed by atoms with Crippen molar-refractivity contribution in [2.24, 2.45) is 0 Å². The van der Waals surface area contributed by atoms with Crippen LogP contribution in [0, 0.1) is 0 Å². The summed E-state index contributed by atoms with van der Waals surface area (Å²) in [6.07, 6.45) is 6.67. The minimum absolute atomic E-state index is 0.120. The first-order chi connectivity index (χ1) is 9.50. The van der Waals surface area contributed by atoms with Gasteiger partial charge in [0.15, 0.2) is 0 Å². The first-order valence-electron chi connectivity index (χ1n) is 7.14. The van der Waals surface area contributed by atoms with Crippen LogP contribution in [0.25, 0.3) is 0 Å². The molecule has 1 aliphatic rings. The zero-order valence-electron chi connectivity index (χ0n) is 12.2. The highest BCUT2D eigenvalue weighted by Crippen LogP contribution is 2.28. The lowest BCUT2D eigenvalue weighted by Gasteiger charge is -2.32. The molecule has 2 N–H and O–H groups in total. The minimum atomic E-state index is -0.618. The van der Waals surface area contributed by atoms with Crippen molar-refractivity contribution in [1.82, 2.24) is 9.88 Å². The zero-order chi connectivity index (χ0) is 14.6. The van der Waals surface area contributed by atoms with Crippen LogP contribution in [0.1, 0.15) is 42.6 Å². The summed E-state index contributed by atoms with van der Waals surface area (Å²) in [5.74, 6) is -0.120. The van der Waals surface area contributed by atoms with E-state index in [0.717, 1.165) is 31.4 Å². The van der Waals surface area contributed by atoms with Gasteiger partial charge in [-0.05, 0) is 25.0 Å². The molecule has 1 aromatic rings. The second-order valence-corrected chi connectivity index (χ2v) is 5.77. The van der Waals surface area contributed by atoms with Gasteiger partial charge in [-0.15, -0.1) is 0 Å². The van der Waals surface area contributed by atoms with Gasteiger partial charge in [0.1, 0.15) is 5.69 Å². The van der Waals surface area contributed by atoms with Gasteiger partial charge in [-0.2, -0.15) is 0 Å². The van der Waals surface area contributed by atoms with Crippen molar-refractivity contribution < 1.29 is 9.90 Å². The summed E-state index contributed by atoms with van der Waals surface area (Å²) in [6, 6.07) is 3.55.